The van der Waals surface area contributed by atoms with Crippen molar-refractivity contribution < 1.29 is 14.2 Å². The normalized spacial score (nSPS) is 10.8. The van der Waals surface area contributed by atoms with Crippen LogP contribution in [0, 0.1) is 0 Å². The summed E-state index contributed by atoms with van der Waals surface area (Å²) in [6, 6.07) is 24.4. The molecule has 33 heavy (non-hydrogen) atoms. The SMILES string of the molecule is CCCc1c(-c2ccc(OC)cc2Cl)cc(-c2ccc(OC)cc2)n1-c1ccc(OC)cc1. The molecule has 0 bridgehead atoms. The molecule has 3 aromatic carbocycles. The number of halogens is 1. The van der Waals surface area contributed by atoms with Crippen molar-refractivity contribution in [2.45, 2.75) is 19.8 Å². The predicted octanol–water partition coefficient (Wildman–Crippen LogP) is 7.44. The van der Waals surface area contributed by atoms with Crippen LogP contribution >= 0.6 is 11.6 Å². The van der Waals surface area contributed by atoms with Gasteiger partial charge in [-0.05, 0) is 84.8 Å². The highest BCUT2D eigenvalue weighted by Crippen LogP contribution is 2.40. The highest BCUT2D eigenvalue weighted by molar-refractivity contribution is 6.33. The van der Waals surface area contributed by atoms with Crippen molar-refractivity contribution in [3.05, 3.63) is 83.5 Å². The summed E-state index contributed by atoms with van der Waals surface area (Å²) in [5.41, 5.74) is 6.57. The fourth-order valence-corrected chi connectivity index (χ4v) is 4.38. The molecule has 4 rings (SSSR count). The fraction of sp³-hybridized carbons (Fsp3) is 0.214. The highest BCUT2D eigenvalue weighted by Gasteiger charge is 2.20. The number of hydrogen-bond acceptors (Lipinski definition) is 3. The molecule has 0 radical (unpaired) electrons. The lowest BCUT2D eigenvalue weighted by Gasteiger charge is -2.16. The average Bonchev–Trinajstić information content (AvgIpc) is 3.23. The molecule has 0 aliphatic carbocycles. The summed E-state index contributed by atoms with van der Waals surface area (Å²) < 4.78 is 18.4. The molecular formula is C28H28ClNO3. The van der Waals surface area contributed by atoms with Gasteiger partial charge in [0.15, 0.2) is 0 Å². The van der Waals surface area contributed by atoms with Crippen molar-refractivity contribution in [1.82, 2.24) is 4.57 Å². The Hall–Kier alpha value is -3.37. The summed E-state index contributed by atoms with van der Waals surface area (Å²) in [6.45, 7) is 2.19. The van der Waals surface area contributed by atoms with Crippen molar-refractivity contribution in [1.29, 1.82) is 0 Å². The van der Waals surface area contributed by atoms with Crippen molar-refractivity contribution in [2.24, 2.45) is 0 Å². The van der Waals surface area contributed by atoms with Crippen molar-refractivity contribution in [2.75, 3.05) is 21.3 Å². The lowest BCUT2D eigenvalue weighted by molar-refractivity contribution is 0.414. The molecule has 0 aliphatic heterocycles. The van der Waals surface area contributed by atoms with E-state index in [-0.39, 0.29) is 0 Å². The van der Waals surface area contributed by atoms with E-state index in [1.165, 1.54) is 5.69 Å². The van der Waals surface area contributed by atoms with Gasteiger partial charge in [-0.2, -0.15) is 0 Å². The fourth-order valence-electron chi connectivity index (χ4n) is 4.11. The summed E-state index contributed by atoms with van der Waals surface area (Å²) in [4.78, 5) is 0. The molecule has 5 heteroatoms. The monoisotopic (exact) mass is 461 g/mol. The van der Waals surface area contributed by atoms with Gasteiger partial charge < -0.3 is 18.8 Å². The number of benzene rings is 3. The molecule has 4 nitrogen and oxygen atoms in total. The van der Waals surface area contributed by atoms with Crippen molar-refractivity contribution in [3.8, 4) is 45.3 Å². The maximum atomic E-state index is 6.73. The second-order valence-corrected chi connectivity index (χ2v) is 8.15. The minimum Gasteiger partial charge on any atom is -0.497 e. The number of rotatable bonds is 8. The largest absolute Gasteiger partial charge is 0.497 e. The second-order valence-electron chi connectivity index (χ2n) is 7.75. The Kier molecular flexibility index (Phi) is 6.95. The Balaban J connectivity index is 1.98. The van der Waals surface area contributed by atoms with Gasteiger partial charge in [0.2, 0.25) is 0 Å². The van der Waals surface area contributed by atoms with Gasteiger partial charge in [0.25, 0.3) is 0 Å². The average molecular weight is 462 g/mol. The Labute approximate surface area is 200 Å². The summed E-state index contributed by atoms with van der Waals surface area (Å²) >= 11 is 6.73. The zero-order chi connectivity index (χ0) is 23.4. The Morgan fingerprint density at radius 1 is 0.697 bits per heavy atom. The number of ether oxygens (including phenoxy) is 3. The van der Waals surface area contributed by atoms with Crippen LogP contribution in [0.25, 0.3) is 28.1 Å². The minimum absolute atomic E-state index is 0.667. The quantitative estimate of drug-likeness (QED) is 0.273. The van der Waals surface area contributed by atoms with Gasteiger partial charge in [0.1, 0.15) is 17.2 Å². The number of hydrogen-bond donors (Lipinski definition) is 0. The first-order chi connectivity index (χ1) is 16.1. The van der Waals surface area contributed by atoms with E-state index in [0.29, 0.717) is 5.02 Å². The van der Waals surface area contributed by atoms with Crippen LogP contribution < -0.4 is 14.2 Å². The molecule has 0 saturated carbocycles. The number of methoxy groups -OCH3 is 3. The summed E-state index contributed by atoms with van der Waals surface area (Å²) in [6.07, 6.45) is 1.91. The lowest BCUT2D eigenvalue weighted by Crippen LogP contribution is -2.03. The molecule has 0 aliphatic rings. The summed E-state index contributed by atoms with van der Waals surface area (Å²) in [5.74, 6) is 2.40. The Morgan fingerprint density at radius 2 is 1.27 bits per heavy atom. The van der Waals surface area contributed by atoms with Gasteiger partial charge in [0.05, 0.1) is 32.0 Å². The highest BCUT2D eigenvalue weighted by atomic mass is 35.5. The van der Waals surface area contributed by atoms with E-state index in [0.717, 1.165) is 58.2 Å². The molecule has 170 valence electrons. The molecular weight excluding hydrogens is 434 g/mol. The molecule has 0 amide bonds. The third kappa shape index (κ3) is 4.57. The van der Waals surface area contributed by atoms with Crippen LogP contribution in [0.2, 0.25) is 5.02 Å². The van der Waals surface area contributed by atoms with Crippen LogP contribution in [-0.2, 0) is 6.42 Å². The van der Waals surface area contributed by atoms with Gasteiger partial charge in [-0.3, -0.25) is 0 Å². The third-order valence-corrected chi connectivity index (χ3v) is 6.09. The zero-order valence-corrected chi connectivity index (χ0v) is 20.1. The van der Waals surface area contributed by atoms with Crippen molar-refractivity contribution >= 4 is 11.6 Å². The van der Waals surface area contributed by atoms with Crippen LogP contribution in [0.5, 0.6) is 17.2 Å². The second kappa shape index (κ2) is 10.1. The third-order valence-electron chi connectivity index (χ3n) is 5.77. The van der Waals surface area contributed by atoms with Crippen LogP contribution in [0.15, 0.2) is 72.8 Å². The molecule has 1 aromatic heterocycles. The number of nitrogens with zero attached hydrogens (tertiary/aromatic N) is 1. The maximum Gasteiger partial charge on any atom is 0.120 e. The van der Waals surface area contributed by atoms with E-state index in [1.54, 1.807) is 21.3 Å². The van der Waals surface area contributed by atoms with E-state index < -0.39 is 0 Å². The van der Waals surface area contributed by atoms with Gasteiger partial charge in [0, 0.05) is 22.5 Å². The maximum absolute atomic E-state index is 6.73. The van der Waals surface area contributed by atoms with E-state index >= 15 is 0 Å². The van der Waals surface area contributed by atoms with E-state index in [2.05, 4.69) is 41.8 Å². The van der Waals surface area contributed by atoms with Gasteiger partial charge in [-0.1, -0.05) is 24.9 Å². The Bertz CT molecular complexity index is 1230. The van der Waals surface area contributed by atoms with Gasteiger partial charge in [-0.25, -0.2) is 0 Å². The predicted molar refractivity (Wildman–Crippen MR) is 135 cm³/mol. The Morgan fingerprint density at radius 3 is 1.82 bits per heavy atom. The summed E-state index contributed by atoms with van der Waals surface area (Å²) in [5, 5.41) is 0.667. The van der Waals surface area contributed by atoms with Crippen LogP contribution in [-0.4, -0.2) is 25.9 Å². The molecule has 0 atom stereocenters. The lowest BCUT2D eigenvalue weighted by atomic mass is 10.0. The topological polar surface area (TPSA) is 32.6 Å². The number of aromatic nitrogens is 1. The van der Waals surface area contributed by atoms with E-state index in [4.69, 9.17) is 25.8 Å². The van der Waals surface area contributed by atoms with E-state index in [1.807, 2.05) is 42.5 Å². The first-order valence-electron chi connectivity index (χ1n) is 11.0. The van der Waals surface area contributed by atoms with Gasteiger partial charge >= 0.3 is 0 Å². The van der Waals surface area contributed by atoms with Crippen LogP contribution in [0.3, 0.4) is 0 Å². The zero-order valence-electron chi connectivity index (χ0n) is 19.4. The molecule has 4 aromatic rings. The van der Waals surface area contributed by atoms with E-state index in [9.17, 15) is 0 Å². The smallest absolute Gasteiger partial charge is 0.120 e. The van der Waals surface area contributed by atoms with Crippen LogP contribution in [0.1, 0.15) is 19.0 Å². The first-order valence-corrected chi connectivity index (χ1v) is 11.3. The first kappa shape index (κ1) is 22.8. The minimum atomic E-state index is 0.667. The molecule has 0 N–H and O–H groups in total. The molecule has 0 saturated heterocycles. The molecule has 0 unspecified atom stereocenters. The van der Waals surface area contributed by atoms with Crippen LogP contribution in [0.4, 0.5) is 0 Å². The van der Waals surface area contributed by atoms with Crippen molar-refractivity contribution in [3.63, 3.8) is 0 Å². The molecule has 1 heterocycles. The molecule has 0 spiro atoms. The van der Waals surface area contributed by atoms with Gasteiger partial charge in [-0.15, -0.1) is 0 Å². The molecule has 0 fully saturated rings. The summed E-state index contributed by atoms with van der Waals surface area (Å²) in [7, 11) is 5.01. The standard InChI is InChI=1S/C28H28ClNO3/c1-5-6-27-25(24-16-15-23(33-4)17-26(24)29)18-28(19-7-11-21(31-2)12-8-19)30(27)20-9-13-22(32-3)14-10-20/h7-18H,5-6H2,1-4H3.